The van der Waals surface area contributed by atoms with Gasteiger partial charge in [0.05, 0.1) is 0 Å². The second kappa shape index (κ2) is 9.04. The van der Waals surface area contributed by atoms with Crippen LogP contribution in [0.2, 0.25) is 0 Å². The number of aromatic nitrogens is 1. The van der Waals surface area contributed by atoms with Crippen LogP contribution in [0.25, 0.3) is 0 Å². The fourth-order valence-corrected chi connectivity index (χ4v) is 4.77. The molecule has 0 atom stereocenters. The molecule has 0 aliphatic carbocycles. The smallest absolute Gasteiger partial charge is 0.222 e. The Bertz CT molecular complexity index is 808. The molecule has 154 valence electrons. The molecule has 2 aliphatic rings. The monoisotopic (exact) mass is 395 g/mol. The maximum Gasteiger partial charge on any atom is 0.222 e. The van der Waals surface area contributed by atoms with Crippen molar-refractivity contribution < 1.29 is 9.18 Å². The van der Waals surface area contributed by atoms with Gasteiger partial charge < -0.3 is 4.90 Å². The van der Waals surface area contributed by atoms with Crippen molar-refractivity contribution in [3.05, 3.63) is 65.7 Å². The Hall–Kier alpha value is -2.27. The van der Waals surface area contributed by atoms with E-state index in [1.807, 2.05) is 29.4 Å². The molecule has 2 saturated heterocycles. The zero-order chi connectivity index (χ0) is 20.1. The lowest BCUT2D eigenvalue weighted by Crippen LogP contribution is -2.48. The van der Waals surface area contributed by atoms with Crippen molar-refractivity contribution >= 4 is 5.91 Å². The van der Waals surface area contributed by atoms with Crippen molar-refractivity contribution in [3.63, 3.8) is 0 Å². The molecule has 1 aromatic heterocycles. The highest BCUT2D eigenvalue weighted by molar-refractivity contribution is 5.76. The minimum Gasteiger partial charge on any atom is -0.343 e. The van der Waals surface area contributed by atoms with E-state index in [1.54, 1.807) is 12.1 Å². The average molecular weight is 396 g/mol. The first-order valence-corrected chi connectivity index (χ1v) is 10.8. The zero-order valence-electron chi connectivity index (χ0n) is 17.0. The van der Waals surface area contributed by atoms with Gasteiger partial charge >= 0.3 is 0 Å². The molecular formula is C24H30FN3O. The lowest BCUT2D eigenvalue weighted by atomic mass is 9.71. The highest BCUT2D eigenvalue weighted by Gasteiger charge is 2.38. The number of carbonyl (C=O) groups excluding carboxylic acids is 1. The first-order chi connectivity index (χ1) is 14.1. The number of likely N-dealkylation sites (tertiary alicyclic amines) is 2. The van der Waals surface area contributed by atoms with Crippen LogP contribution < -0.4 is 0 Å². The Morgan fingerprint density at radius 2 is 1.72 bits per heavy atom. The molecular weight excluding hydrogens is 365 g/mol. The van der Waals surface area contributed by atoms with Crippen molar-refractivity contribution in [1.82, 2.24) is 14.8 Å². The highest BCUT2D eigenvalue weighted by Crippen LogP contribution is 2.41. The Kier molecular flexibility index (Phi) is 6.24. The summed E-state index contributed by atoms with van der Waals surface area (Å²) < 4.78 is 13.8. The summed E-state index contributed by atoms with van der Waals surface area (Å²) in [5.74, 6) is -0.0481. The number of rotatable bonds is 5. The lowest BCUT2D eigenvalue weighted by molar-refractivity contribution is -0.134. The molecule has 1 aromatic carbocycles. The molecule has 4 rings (SSSR count). The molecule has 5 heteroatoms. The minimum absolute atomic E-state index is 0.164. The van der Waals surface area contributed by atoms with Crippen molar-refractivity contribution in [3.8, 4) is 0 Å². The first-order valence-electron chi connectivity index (χ1n) is 10.8. The summed E-state index contributed by atoms with van der Waals surface area (Å²) >= 11 is 0. The first kappa shape index (κ1) is 20.0. The van der Waals surface area contributed by atoms with Gasteiger partial charge in [0.25, 0.3) is 0 Å². The van der Waals surface area contributed by atoms with Crippen molar-refractivity contribution in [1.29, 1.82) is 0 Å². The standard InChI is InChI=1S/C24H30FN3O/c25-22-6-2-1-5-21(22)7-8-23(29)28-16-11-24(12-17-28)9-14-27(15-10-24)19-20-4-3-13-26-18-20/h1-6,13,18H,7-12,14-17,19H2. The Morgan fingerprint density at radius 1 is 1.00 bits per heavy atom. The van der Waals surface area contributed by atoms with E-state index in [0.29, 0.717) is 23.8 Å². The lowest BCUT2D eigenvalue weighted by Gasteiger charge is -2.47. The third-order valence-electron chi connectivity index (χ3n) is 6.79. The van der Waals surface area contributed by atoms with Gasteiger partial charge in [-0.1, -0.05) is 24.3 Å². The molecule has 4 nitrogen and oxygen atoms in total. The normalized spacial score (nSPS) is 19.4. The quantitative estimate of drug-likeness (QED) is 0.766. The molecule has 0 N–H and O–H groups in total. The van der Waals surface area contributed by atoms with Crippen LogP contribution >= 0.6 is 0 Å². The van der Waals surface area contributed by atoms with Crippen LogP contribution in [0.3, 0.4) is 0 Å². The van der Waals surface area contributed by atoms with Gasteiger partial charge in [-0.3, -0.25) is 14.7 Å². The summed E-state index contributed by atoms with van der Waals surface area (Å²) in [6.45, 7) is 4.91. The number of piperidine rings is 2. The van der Waals surface area contributed by atoms with Crippen LogP contribution in [0.5, 0.6) is 0 Å². The van der Waals surface area contributed by atoms with E-state index in [1.165, 1.54) is 24.5 Å². The molecule has 2 fully saturated rings. The molecule has 29 heavy (non-hydrogen) atoms. The summed E-state index contributed by atoms with van der Waals surface area (Å²) in [6.07, 6.45) is 9.27. The van der Waals surface area contributed by atoms with Gasteiger partial charge in [0, 0.05) is 38.4 Å². The number of carbonyl (C=O) groups is 1. The van der Waals surface area contributed by atoms with Crippen molar-refractivity contribution in [2.24, 2.45) is 5.41 Å². The predicted octanol–water partition coefficient (Wildman–Crippen LogP) is 4.06. The Balaban J connectivity index is 1.22. The van der Waals surface area contributed by atoms with Crippen molar-refractivity contribution in [2.75, 3.05) is 26.2 Å². The molecule has 1 spiro atoms. The van der Waals surface area contributed by atoms with Gasteiger partial charge in [-0.2, -0.15) is 0 Å². The summed E-state index contributed by atoms with van der Waals surface area (Å²) in [6, 6.07) is 10.9. The zero-order valence-corrected chi connectivity index (χ0v) is 17.0. The van der Waals surface area contributed by atoms with Gasteiger partial charge in [0.2, 0.25) is 5.91 Å². The van der Waals surface area contributed by atoms with E-state index >= 15 is 0 Å². The number of nitrogens with zero attached hydrogens (tertiary/aromatic N) is 3. The van der Waals surface area contributed by atoms with Crippen LogP contribution in [0.4, 0.5) is 4.39 Å². The molecule has 0 radical (unpaired) electrons. The van der Waals surface area contributed by atoms with E-state index in [-0.39, 0.29) is 11.7 Å². The van der Waals surface area contributed by atoms with Crippen LogP contribution in [0, 0.1) is 11.2 Å². The second-order valence-corrected chi connectivity index (χ2v) is 8.61. The second-order valence-electron chi connectivity index (χ2n) is 8.61. The fourth-order valence-electron chi connectivity index (χ4n) is 4.77. The summed E-state index contributed by atoms with van der Waals surface area (Å²) in [4.78, 5) is 21.3. The van der Waals surface area contributed by atoms with Crippen LogP contribution in [0.15, 0.2) is 48.8 Å². The van der Waals surface area contributed by atoms with Gasteiger partial charge in [-0.15, -0.1) is 0 Å². The van der Waals surface area contributed by atoms with Crippen LogP contribution in [-0.4, -0.2) is 46.9 Å². The van der Waals surface area contributed by atoms with E-state index in [9.17, 15) is 9.18 Å². The summed E-state index contributed by atoms with van der Waals surface area (Å²) in [5, 5.41) is 0. The van der Waals surface area contributed by atoms with E-state index < -0.39 is 0 Å². The molecule has 2 aliphatic heterocycles. The third kappa shape index (κ3) is 5.02. The molecule has 0 saturated carbocycles. The van der Waals surface area contributed by atoms with E-state index in [4.69, 9.17) is 0 Å². The maximum absolute atomic E-state index is 13.8. The molecule has 3 heterocycles. The fraction of sp³-hybridized carbons (Fsp3) is 0.500. The number of hydrogen-bond acceptors (Lipinski definition) is 3. The third-order valence-corrected chi connectivity index (χ3v) is 6.79. The largest absolute Gasteiger partial charge is 0.343 e. The van der Waals surface area contributed by atoms with Crippen molar-refractivity contribution in [2.45, 2.75) is 45.1 Å². The molecule has 0 bridgehead atoms. The van der Waals surface area contributed by atoms with Crippen LogP contribution in [-0.2, 0) is 17.8 Å². The average Bonchev–Trinajstić information content (AvgIpc) is 2.76. The van der Waals surface area contributed by atoms with Crippen LogP contribution in [0.1, 0.15) is 43.2 Å². The molecule has 0 unspecified atom stereocenters. The summed E-state index contributed by atoms with van der Waals surface area (Å²) in [5.41, 5.74) is 2.31. The number of hydrogen-bond donors (Lipinski definition) is 0. The number of pyridine rings is 1. The van der Waals surface area contributed by atoms with Gasteiger partial charge in [-0.05, 0) is 73.9 Å². The molecule has 2 aromatic rings. The van der Waals surface area contributed by atoms with Gasteiger partial charge in [-0.25, -0.2) is 4.39 Å². The topological polar surface area (TPSA) is 36.4 Å². The Labute approximate surface area is 172 Å². The predicted molar refractivity (Wildman–Crippen MR) is 112 cm³/mol. The Morgan fingerprint density at radius 3 is 2.41 bits per heavy atom. The summed E-state index contributed by atoms with van der Waals surface area (Å²) in [7, 11) is 0. The number of halogens is 1. The van der Waals surface area contributed by atoms with Gasteiger partial charge in [0.15, 0.2) is 0 Å². The minimum atomic E-state index is -0.212. The SMILES string of the molecule is O=C(CCc1ccccc1F)N1CCC2(CCN(Cc3cccnc3)CC2)CC1. The molecule has 1 amide bonds. The highest BCUT2D eigenvalue weighted by atomic mass is 19.1. The van der Waals surface area contributed by atoms with Gasteiger partial charge in [0.1, 0.15) is 5.82 Å². The van der Waals surface area contributed by atoms with E-state index in [2.05, 4.69) is 16.0 Å². The number of benzene rings is 1. The maximum atomic E-state index is 13.8. The number of aryl methyl sites for hydroxylation is 1. The number of amides is 1. The van der Waals surface area contributed by atoms with E-state index in [0.717, 1.165) is 45.6 Å².